The Morgan fingerprint density at radius 1 is 0.591 bits per heavy atom. The van der Waals surface area contributed by atoms with Crippen LogP contribution in [-0.4, -0.2) is 11.9 Å². The third-order valence-electron chi connectivity index (χ3n) is 4.89. The number of carbonyl (C=O) groups is 2. The summed E-state index contributed by atoms with van der Waals surface area (Å²) >= 11 is 0. The fourth-order valence-electron chi connectivity index (χ4n) is 3.04. The lowest BCUT2D eigenvalue weighted by atomic mass is 10.1. The summed E-state index contributed by atoms with van der Waals surface area (Å²) in [5.74, 6) is -4.36. The topological polar surface area (TPSA) is 71.1 Å². The second kappa shape index (κ2) is 16.1. The Balaban J connectivity index is 0.00000232. The van der Waals surface area contributed by atoms with E-state index in [4.69, 9.17) is 9.47 Å². The second-order valence-electron chi connectivity index (χ2n) is 7.69. The molecule has 0 saturated carbocycles. The van der Waals surface area contributed by atoms with Gasteiger partial charge in [-0.3, -0.25) is 0 Å². The van der Waals surface area contributed by atoms with Gasteiger partial charge in [0.15, 0.2) is 0 Å². The summed E-state index contributed by atoms with van der Waals surface area (Å²) < 4.78 is 118. The minimum absolute atomic E-state index is 0.0807. The van der Waals surface area contributed by atoms with Crippen LogP contribution in [0.25, 0.3) is 0 Å². The molecule has 0 unspecified atom stereocenters. The van der Waals surface area contributed by atoms with Crippen LogP contribution >= 0.6 is 0 Å². The lowest BCUT2D eigenvalue weighted by molar-refractivity contribution is -0.193. The van der Waals surface area contributed by atoms with E-state index >= 15 is 0 Å². The van der Waals surface area contributed by atoms with Gasteiger partial charge in [-0.05, 0) is 66.7 Å². The first-order chi connectivity index (χ1) is 20.6. The standard InChI is InChI=1S/C27H17F7O6.2C2H6/c1-3-23(35)37-18-9-5-16(6-10-18)26(31,32)39-20-13-14-22(21(15-20)25(28,29)30)40-27(33,34)17-7-11-19(12-8-17)38-24(36)4-2;2*1-2/h3-15H,1-2H2;2*1-2H3. The Morgan fingerprint density at radius 3 is 1.32 bits per heavy atom. The maximum atomic E-state index is 14.7. The van der Waals surface area contributed by atoms with Crippen LogP contribution in [-0.2, 0) is 28.0 Å². The van der Waals surface area contributed by atoms with Crippen molar-refractivity contribution in [1.29, 1.82) is 0 Å². The highest BCUT2D eigenvalue weighted by atomic mass is 19.4. The van der Waals surface area contributed by atoms with Crippen molar-refractivity contribution in [1.82, 2.24) is 0 Å². The molecule has 0 spiro atoms. The molecular formula is C31H29F7O6. The number of alkyl halides is 7. The highest BCUT2D eigenvalue weighted by molar-refractivity contribution is 5.83. The highest BCUT2D eigenvalue weighted by Gasteiger charge is 2.42. The van der Waals surface area contributed by atoms with Crippen LogP contribution in [0.4, 0.5) is 30.7 Å². The van der Waals surface area contributed by atoms with Crippen molar-refractivity contribution in [2.45, 2.75) is 46.1 Å². The number of hydrogen-bond acceptors (Lipinski definition) is 6. The zero-order chi connectivity index (χ0) is 33.7. The van der Waals surface area contributed by atoms with Gasteiger partial charge >= 0.3 is 30.3 Å². The van der Waals surface area contributed by atoms with Crippen molar-refractivity contribution in [3.63, 3.8) is 0 Å². The van der Waals surface area contributed by atoms with Gasteiger partial charge in [-0.1, -0.05) is 40.9 Å². The first kappa shape index (κ1) is 37.2. The fourth-order valence-corrected chi connectivity index (χ4v) is 3.04. The molecule has 0 aromatic heterocycles. The molecule has 3 aromatic rings. The van der Waals surface area contributed by atoms with Crippen LogP contribution < -0.4 is 18.9 Å². The molecule has 0 fully saturated rings. The van der Waals surface area contributed by atoms with E-state index in [0.717, 1.165) is 60.7 Å². The molecule has 3 aromatic carbocycles. The predicted molar refractivity (Wildman–Crippen MR) is 148 cm³/mol. The van der Waals surface area contributed by atoms with Crippen LogP contribution in [0.1, 0.15) is 44.4 Å². The zero-order valence-corrected chi connectivity index (χ0v) is 24.0. The predicted octanol–water partition coefficient (Wildman–Crippen LogP) is 9.20. The molecule has 0 atom stereocenters. The summed E-state index contributed by atoms with van der Waals surface area (Å²) in [6.07, 6.45) is -12.1. The van der Waals surface area contributed by atoms with E-state index in [0.29, 0.717) is 12.1 Å². The normalized spacial score (nSPS) is 11.0. The summed E-state index contributed by atoms with van der Waals surface area (Å²) in [5.41, 5.74) is -3.52. The molecule has 0 heterocycles. The van der Waals surface area contributed by atoms with Crippen LogP contribution in [0, 0.1) is 0 Å². The molecule has 0 saturated heterocycles. The Hall–Kier alpha value is -4.81. The van der Waals surface area contributed by atoms with Crippen molar-refractivity contribution in [3.05, 3.63) is 109 Å². The largest absolute Gasteiger partial charge is 0.429 e. The third kappa shape index (κ3) is 10.5. The molecule has 0 aliphatic heterocycles. The van der Waals surface area contributed by atoms with Gasteiger partial charge in [0.05, 0.1) is 11.1 Å². The maximum Gasteiger partial charge on any atom is 0.426 e. The second-order valence-corrected chi connectivity index (χ2v) is 7.69. The molecule has 3 rings (SSSR count). The Labute approximate surface area is 249 Å². The lowest BCUT2D eigenvalue weighted by Crippen LogP contribution is -2.24. The lowest BCUT2D eigenvalue weighted by Gasteiger charge is -2.23. The third-order valence-corrected chi connectivity index (χ3v) is 4.89. The van der Waals surface area contributed by atoms with E-state index in [1.54, 1.807) is 0 Å². The van der Waals surface area contributed by atoms with Crippen molar-refractivity contribution >= 4 is 11.9 Å². The number of halogens is 7. The maximum absolute atomic E-state index is 14.7. The van der Waals surface area contributed by atoms with Crippen LogP contribution in [0.15, 0.2) is 92.0 Å². The van der Waals surface area contributed by atoms with E-state index in [1.165, 1.54) is 0 Å². The number of carbonyl (C=O) groups excluding carboxylic acids is 2. The monoisotopic (exact) mass is 630 g/mol. The zero-order valence-electron chi connectivity index (χ0n) is 24.0. The summed E-state index contributed by atoms with van der Waals surface area (Å²) in [6, 6.07) is 8.07. The van der Waals surface area contributed by atoms with Crippen molar-refractivity contribution < 1.29 is 59.3 Å². The molecule has 13 heteroatoms. The van der Waals surface area contributed by atoms with E-state index in [2.05, 4.69) is 22.6 Å². The molecule has 44 heavy (non-hydrogen) atoms. The number of esters is 2. The molecule has 0 N–H and O–H groups in total. The van der Waals surface area contributed by atoms with E-state index in [-0.39, 0.29) is 17.6 Å². The quantitative estimate of drug-likeness (QED) is 0.0963. The van der Waals surface area contributed by atoms with Gasteiger partial charge in [-0.25, -0.2) is 9.59 Å². The molecular weight excluding hydrogens is 601 g/mol. The van der Waals surface area contributed by atoms with Gasteiger partial charge in [-0.15, -0.1) is 0 Å². The molecule has 0 aliphatic carbocycles. The van der Waals surface area contributed by atoms with Gasteiger partial charge in [0.1, 0.15) is 28.6 Å². The molecule has 0 aliphatic rings. The van der Waals surface area contributed by atoms with E-state index in [1.807, 2.05) is 27.7 Å². The fraction of sp³-hybridized carbons (Fsp3) is 0.226. The minimum Gasteiger partial charge on any atom is -0.429 e. The highest BCUT2D eigenvalue weighted by Crippen LogP contribution is 2.43. The molecule has 0 radical (unpaired) electrons. The van der Waals surface area contributed by atoms with Crippen LogP contribution in [0.5, 0.6) is 23.0 Å². The van der Waals surface area contributed by atoms with E-state index in [9.17, 15) is 40.3 Å². The molecule has 6 nitrogen and oxygen atoms in total. The Bertz CT molecular complexity index is 1400. The van der Waals surface area contributed by atoms with Crippen LogP contribution in [0.3, 0.4) is 0 Å². The number of ether oxygens (including phenoxy) is 4. The summed E-state index contributed by atoms with van der Waals surface area (Å²) in [6.45, 7) is 14.3. The number of benzene rings is 3. The smallest absolute Gasteiger partial charge is 0.426 e. The van der Waals surface area contributed by atoms with Gasteiger partial charge < -0.3 is 18.9 Å². The summed E-state index contributed by atoms with van der Waals surface area (Å²) in [4.78, 5) is 22.4. The number of rotatable bonds is 10. The van der Waals surface area contributed by atoms with Gasteiger partial charge in [0.2, 0.25) is 0 Å². The van der Waals surface area contributed by atoms with Crippen molar-refractivity contribution in [2.24, 2.45) is 0 Å². The number of hydrogen-bond donors (Lipinski definition) is 0. The first-order valence-electron chi connectivity index (χ1n) is 12.9. The molecule has 0 bridgehead atoms. The summed E-state index contributed by atoms with van der Waals surface area (Å²) in [5, 5.41) is 0. The van der Waals surface area contributed by atoms with Gasteiger partial charge in [-0.2, -0.15) is 30.7 Å². The van der Waals surface area contributed by atoms with Crippen molar-refractivity contribution in [3.8, 4) is 23.0 Å². The van der Waals surface area contributed by atoms with Gasteiger partial charge in [0, 0.05) is 12.2 Å². The van der Waals surface area contributed by atoms with Crippen LogP contribution in [0.2, 0.25) is 0 Å². The average molecular weight is 631 g/mol. The Morgan fingerprint density at radius 2 is 0.955 bits per heavy atom. The summed E-state index contributed by atoms with van der Waals surface area (Å²) in [7, 11) is 0. The SMILES string of the molecule is C=CC(=O)Oc1ccc(C(F)(F)Oc2ccc(OC(F)(F)c3ccc(OC(=O)C=C)cc3)c(C(F)(F)F)c2)cc1.CC.CC. The average Bonchev–Trinajstić information content (AvgIpc) is 2.99. The molecule has 0 amide bonds. The minimum atomic E-state index is -5.31. The Kier molecular flexibility index (Phi) is 13.7. The van der Waals surface area contributed by atoms with Gasteiger partial charge in [0.25, 0.3) is 0 Å². The first-order valence-corrected chi connectivity index (χ1v) is 12.9. The van der Waals surface area contributed by atoms with E-state index < -0.39 is 58.5 Å². The molecule has 238 valence electrons. The van der Waals surface area contributed by atoms with Crippen molar-refractivity contribution in [2.75, 3.05) is 0 Å².